The van der Waals surface area contributed by atoms with Crippen molar-refractivity contribution in [3.8, 4) is 5.75 Å². The summed E-state index contributed by atoms with van der Waals surface area (Å²) >= 11 is 0. The zero-order chi connectivity index (χ0) is 11.0. The number of aryl methyl sites for hydroxylation is 1. The molecule has 1 aliphatic rings. The van der Waals surface area contributed by atoms with Gasteiger partial charge in [0.05, 0.1) is 5.56 Å². The number of phenolic OH excluding ortho intramolecular Hbond substituents is 1. The van der Waals surface area contributed by atoms with Gasteiger partial charge in [-0.05, 0) is 62.3 Å². The molecule has 2 rings (SSSR count). The molecule has 1 aliphatic carbocycles. The van der Waals surface area contributed by atoms with Crippen LogP contribution >= 0.6 is 0 Å². The number of Topliss-reactive ketones (excluding diaryl/α,β-unsaturated/α-hetero) is 1. The van der Waals surface area contributed by atoms with Gasteiger partial charge in [-0.1, -0.05) is 0 Å². The van der Waals surface area contributed by atoms with Gasteiger partial charge < -0.3 is 5.11 Å². The van der Waals surface area contributed by atoms with Crippen molar-refractivity contribution in [1.29, 1.82) is 0 Å². The normalized spacial score (nSPS) is 14.8. The minimum atomic E-state index is -0.0432. The Hall–Kier alpha value is -1.31. The minimum absolute atomic E-state index is 0.0432. The minimum Gasteiger partial charge on any atom is -0.507 e. The van der Waals surface area contributed by atoms with Crippen molar-refractivity contribution < 1.29 is 9.90 Å². The lowest BCUT2D eigenvalue weighted by Gasteiger charge is -2.20. The molecule has 0 heterocycles. The molecular weight excluding hydrogens is 188 g/mol. The van der Waals surface area contributed by atoms with Crippen LogP contribution in [-0.4, -0.2) is 10.9 Å². The second-order valence-corrected chi connectivity index (χ2v) is 4.30. The van der Waals surface area contributed by atoms with Crippen molar-refractivity contribution in [3.63, 3.8) is 0 Å². The summed E-state index contributed by atoms with van der Waals surface area (Å²) in [5.74, 6) is 0.110. The molecule has 0 bridgehead atoms. The molecule has 0 unspecified atom stereocenters. The smallest absolute Gasteiger partial charge is 0.163 e. The van der Waals surface area contributed by atoms with E-state index in [0.717, 1.165) is 18.4 Å². The number of aromatic hydroxyl groups is 1. The summed E-state index contributed by atoms with van der Waals surface area (Å²) in [6, 6.07) is 1.78. The highest BCUT2D eigenvalue weighted by Gasteiger charge is 2.19. The van der Waals surface area contributed by atoms with E-state index in [9.17, 15) is 9.90 Å². The molecule has 1 N–H and O–H groups in total. The van der Waals surface area contributed by atoms with Crippen LogP contribution in [-0.2, 0) is 12.8 Å². The van der Waals surface area contributed by atoms with Crippen LogP contribution in [0.3, 0.4) is 0 Å². The predicted octanol–water partition coefficient (Wildman–Crippen LogP) is 2.78. The molecule has 2 heteroatoms. The molecule has 0 radical (unpaired) electrons. The maximum absolute atomic E-state index is 11.4. The number of phenols is 1. The quantitative estimate of drug-likeness (QED) is 0.714. The second kappa shape index (κ2) is 3.69. The summed E-state index contributed by atoms with van der Waals surface area (Å²) in [6.45, 7) is 3.46. The van der Waals surface area contributed by atoms with Gasteiger partial charge in [-0.2, -0.15) is 0 Å². The fourth-order valence-corrected chi connectivity index (χ4v) is 2.54. The summed E-state index contributed by atoms with van der Waals surface area (Å²) in [7, 11) is 0. The van der Waals surface area contributed by atoms with Crippen molar-refractivity contribution in [1.82, 2.24) is 0 Å². The van der Waals surface area contributed by atoms with E-state index >= 15 is 0 Å². The number of fused-ring (bicyclic) bond motifs is 1. The molecule has 0 aliphatic heterocycles. The maximum atomic E-state index is 11.4. The van der Waals surface area contributed by atoms with E-state index < -0.39 is 0 Å². The first-order valence-electron chi connectivity index (χ1n) is 5.46. The van der Waals surface area contributed by atoms with Crippen LogP contribution in [0.1, 0.15) is 46.8 Å². The Kier molecular flexibility index (Phi) is 2.51. The molecule has 0 atom stereocenters. The van der Waals surface area contributed by atoms with Crippen molar-refractivity contribution in [2.45, 2.75) is 39.5 Å². The van der Waals surface area contributed by atoms with Gasteiger partial charge >= 0.3 is 0 Å². The van der Waals surface area contributed by atoms with Gasteiger partial charge in [-0.15, -0.1) is 0 Å². The van der Waals surface area contributed by atoms with E-state index in [2.05, 4.69) is 0 Å². The van der Waals surface area contributed by atoms with E-state index in [0.29, 0.717) is 5.56 Å². The first-order valence-corrected chi connectivity index (χ1v) is 5.46. The largest absolute Gasteiger partial charge is 0.507 e. The van der Waals surface area contributed by atoms with Crippen molar-refractivity contribution >= 4 is 5.78 Å². The van der Waals surface area contributed by atoms with Gasteiger partial charge in [0.15, 0.2) is 5.78 Å². The summed E-state index contributed by atoms with van der Waals surface area (Å²) < 4.78 is 0. The first kappa shape index (κ1) is 10.2. The summed E-state index contributed by atoms with van der Waals surface area (Å²) in [5, 5.41) is 9.80. The fraction of sp³-hybridized carbons (Fsp3) is 0.462. The molecule has 1 aromatic rings. The zero-order valence-corrected chi connectivity index (χ0v) is 9.26. The number of hydrogen-bond acceptors (Lipinski definition) is 2. The molecule has 0 aromatic heterocycles. The molecule has 2 nitrogen and oxygen atoms in total. The predicted molar refractivity (Wildman–Crippen MR) is 59.5 cm³/mol. The third-order valence-corrected chi connectivity index (χ3v) is 3.26. The third kappa shape index (κ3) is 1.65. The van der Waals surface area contributed by atoms with Crippen LogP contribution in [0.5, 0.6) is 5.75 Å². The molecule has 1 aromatic carbocycles. The van der Waals surface area contributed by atoms with Crippen molar-refractivity contribution in [3.05, 3.63) is 28.3 Å². The van der Waals surface area contributed by atoms with E-state index in [1.807, 2.05) is 6.92 Å². The Morgan fingerprint density at radius 1 is 1.33 bits per heavy atom. The van der Waals surface area contributed by atoms with Gasteiger partial charge in [0.25, 0.3) is 0 Å². The van der Waals surface area contributed by atoms with Gasteiger partial charge in [0.1, 0.15) is 5.75 Å². The van der Waals surface area contributed by atoms with E-state index in [1.165, 1.54) is 30.9 Å². The SMILES string of the molecule is CC(=O)c1c(O)cc2c(c1C)CCCC2. The first-order chi connectivity index (χ1) is 7.11. The van der Waals surface area contributed by atoms with Crippen molar-refractivity contribution in [2.75, 3.05) is 0 Å². The average molecular weight is 204 g/mol. The standard InChI is InChI=1S/C13H16O2/c1-8-11-6-4-3-5-10(11)7-12(15)13(8)9(2)14/h7,15H,3-6H2,1-2H3. The molecule has 0 amide bonds. The van der Waals surface area contributed by atoms with Crippen LogP contribution in [0.2, 0.25) is 0 Å². The van der Waals surface area contributed by atoms with Gasteiger partial charge in [-0.3, -0.25) is 4.79 Å². The number of hydrogen-bond donors (Lipinski definition) is 1. The van der Waals surface area contributed by atoms with E-state index in [1.54, 1.807) is 6.07 Å². The van der Waals surface area contributed by atoms with Gasteiger partial charge in [-0.25, -0.2) is 0 Å². The van der Waals surface area contributed by atoms with Crippen LogP contribution in [0.25, 0.3) is 0 Å². The number of carbonyl (C=O) groups excluding carboxylic acids is 1. The van der Waals surface area contributed by atoms with Crippen LogP contribution in [0, 0.1) is 6.92 Å². The lowest BCUT2D eigenvalue weighted by Crippen LogP contribution is -2.09. The molecule has 0 saturated heterocycles. The molecule has 80 valence electrons. The fourth-order valence-electron chi connectivity index (χ4n) is 2.54. The van der Waals surface area contributed by atoms with Crippen LogP contribution in [0.4, 0.5) is 0 Å². The number of benzene rings is 1. The Balaban J connectivity index is 2.64. The lowest BCUT2D eigenvalue weighted by molar-refractivity contribution is 0.101. The van der Waals surface area contributed by atoms with Crippen LogP contribution < -0.4 is 0 Å². The molecule has 15 heavy (non-hydrogen) atoms. The monoisotopic (exact) mass is 204 g/mol. The highest BCUT2D eigenvalue weighted by Crippen LogP contribution is 2.32. The zero-order valence-electron chi connectivity index (χ0n) is 9.26. The maximum Gasteiger partial charge on any atom is 0.163 e. The molecule has 0 saturated carbocycles. The Labute approximate surface area is 89.9 Å². The molecular formula is C13H16O2. The average Bonchev–Trinajstić information content (AvgIpc) is 2.17. The second-order valence-electron chi connectivity index (χ2n) is 4.30. The number of rotatable bonds is 1. The summed E-state index contributed by atoms with van der Waals surface area (Å²) in [5.41, 5.74) is 4.00. The van der Waals surface area contributed by atoms with E-state index in [4.69, 9.17) is 0 Å². The highest BCUT2D eigenvalue weighted by atomic mass is 16.3. The van der Waals surface area contributed by atoms with Crippen molar-refractivity contribution in [2.24, 2.45) is 0 Å². The number of ketones is 1. The Morgan fingerprint density at radius 2 is 2.00 bits per heavy atom. The highest BCUT2D eigenvalue weighted by molar-refractivity contribution is 5.98. The Morgan fingerprint density at radius 3 is 2.67 bits per heavy atom. The summed E-state index contributed by atoms with van der Waals surface area (Å²) in [6.07, 6.45) is 4.45. The number of carbonyl (C=O) groups is 1. The third-order valence-electron chi connectivity index (χ3n) is 3.26. The lowest BCUT2D eigenvalue weighted by atomic mass is 9.85. The topological polar surface area (TPSA) is 37.3 Å². The Bertz CT molecular complexity index is 419. The van der Waals surface area contributed by atoms with Gasteiger partial charge in [0.2, 0.25) is 0 Å². The van der Waals surface area contributed by atoms with E-state index in [-0.39, 0.29) is 11.5 Å². The summed E-state index contributed by atoms with van der Waals surface area (Å²) in [4.78, 5) is 11.4. The molecule has 0 fully saturated rings. The van der Waals surface area contributed by atoms with Crippen LogP contribution in [0.15, 0.2) is 6.07 Å². The molecule has 0 spiro atoms. The van der Waals surface area contributed by atoms with Gasteiger partial charge in [0, 0.05) is 0 Å².